The van der Waals surface area contributed by atoms with E-state index in [1.54, 1.807) is 0 Å². The summed E-state index contributed by atoms with van der Waals surface area (Å²) >= 11 is 0. The standard InChI is InChI=1S/C12H25N3/c1-14(2)9-11-5-8-15(10-11)12-3-6-13-7-4-12/h11-13H,3-10H2,1-2H3. The molecule has 2 aliphatic rings. The van der Waals surface area contributed by atoms with Gasteiger partial charge in [-0.25, -0.2) is 0 Å². The van der Waals surface area contributed by atoms with Gasteiger partial charge in [0.2, 0.25) is 0 Å². The number of nitrogens with one attached hydrogen (secondary N) is 1. The Bertz CT molecular complexity index is 187. The fourth-order valence-electron chi connectivity index (χ4n) is 3.03. The lowest BCUT2D eigenvalue weighted by Gasteiger charge is -2.31. The molecule has 88 valence electrons. The minimum atomic E-state index is 0.874. The van der Waals surface area contributed by atoms with Crippen molar-refractivity contribution in [3.8, 4) is 0 Å². The van der Waals surface area contributed by atoms with Crippen molar-refractivity contribution in [1.29, 1.82) is 0 Å². The van der Waals surface area contributed by atoms with E-state index < -0.39 is 0 Å². The van der Waals surface area contributed by atoms with E-state index in [4.69, 9.17) is 0 Å². The molecule has 3 heteroatoms. The van der Waals surface area contributed by atoms with E-state index in [-0.39, 0.29) is 0 Å². The summed E-state index contributed by atoms with van der Waals surface area (Å²) in [6.45, 7) is 6.38. The van der Waals surface area contributed by atoms with Crippen LogP contribution >= 0.6 is 0 Å². The molecule has 0 amide bonds. The van der Waals surface area contributed by atoms with Crippen molar-refractivity contribution < 1.29 is 0 Å². The summed E-state index contributed by atoms with van der Waals surface area (Å²) in [5.74, 6) is 0.912. The third-order valence-electron chi connectivity index (χ3n) is 3.77. The van der Waals surface area contributed by atoms with E-state index in [2.05, 4.69) is 29.2 Å². The van der Waals surface area contributed by atoms with Gasteiger partial charge in [-0.2, -0.15) is 0 Å². The summed E-state index contributed by atoms with van der Waals surface area (Å²) in [5, 5.41) is 3.45. The first-order chi connectivity index (χ1) is 7.25. The molecule has 0 bridgehead atoms. The van der Waals surface area contributed by atoms with Crippen LogP contribution in [0.4, 0.5) is 0 Å². The van der Waals surface area contributed by atoms with Gasteiger partial charge in [0.25, 0.3) is 0 Å². The summed E-state index contributed by atoms with van der Waals surface area (Å²) in [5.41, 5.74) is 0. The molecule has 2 heterocycles. The fraction of sp³-hybridized carbons (Fsp3) is 1.00. The van der Waals surface area contributed by atoms with Gasteiger partial charge in [0.05, 0.1) is 0 Å². The first-order valence-corrected chi connectivity index (χ1v) is 6.35. The minimum Gasteiger partial charge on any atom is -0.317 e. The first kappa shape index (κ1) is 11.4. The molecule has 2 fully saturated rings. The predicted molar refractivity (Wildman–Crippen MR) is 64.1 cm³/mol. The van der Waals surface area contributed by atoms with Gasteiger partial charge in [0, 0.05) is 19.1 Å². The molecule has 2 saturated heterocycles. The zero-order valence-electron chi connectivity index (χ0n) is 10.2. The number of hydrogen-bond donors (Lipinski definition) is 1. The molecule has 0 saturated carbocycles. The van der Waals surface area contributed by atoms with Crippen molar-refractivity contribution in [3.63, 3.8) is 0 Å². The Labute approximate surface area is 93.8 Å². The van der Waals surface area contributed by atoms with Crippen LogP contribution < -0.4 is 5.32 Å². The Morgan fingerprint density at radius 3 is 2.60 bits per heavy atom. The summed E-state index contributed by atoms with van der Waals surface area (Å²) in [6, 6.07) is 0.874. The highest BCUT2D eigenvalue weighted by Gasteiger charge is 2.28. The fourth-order valence-corrected chi connectivity index (χ4v) is 3.03. The molecule has 1 unspecified atom stereocenters. The molecular weight excluding hydrogens is 186 g/mol. The summed E-state index contributed by atoms with van der Waals surface area (Å²) in [4.78, 5) is 5.06. The minimum absolute atomic E-state index is 0.874. The lowest BCUT2D eigenvalue weighted by Crippen LogP contribution is -2.42. The third kappa shape index (κ3) is 3.16. The van der Waals surface area contributed by atoms with E-state index in [1.165, 1.54) is 52.0 Å². The topological polar surface area (TPSA) is 18.5 Å². The van der Waals surface area contributed by atoms with Crippen LogP contribution in [0.5, 0.6) is 0 Å². The highest BCUT2D eigenvalue weighted by atomic mass is 15.2. The Morgan fingerprint density at radius 1 is 1.20 bits per heavy atom. The highest BCUT2D eigenvalue weighted by Crippen LogP contribution is 2.22. The number of rotatable bonds is 3. The molecule has 0 spiro atoms. The quantitative estimate of drug-likeness (QED) is 0.738. The molecule has 0 aromatic carbocycles. The zero-order chi connectivity index (χ0) is 10.7. The average Bonchev–Trinajstić information content (AvgIpc) is 2.67. The van der Waals surface area contributed by atoms with Crippen LogP contribution in [-0.2, 0) is 0 Å². The summed E-state index contributed by atoms with van der Waals surface area (Å²) in [6.07, 6.45) is 4.12. The molecule has 0 aromatic heterocycles. The zero-order valence-corrected chi connectivity index (χ0v) is 10.2. The van der Waals surface area contributed by atoms with Gasteiger partial charge in [0.15, 0.2) is 0 Å². The van der Waals surface area contributed by atoms with Crippen molar-refractivity contribution in [2.24, 2.45) is 5.92 Å². The molecule has 2 rings (SSSR count). The average molecular weight is 211 g/mol. The normalized spacial score (nSPS) is 30.2. The number of piperidine rings is 1. The predicted octanol–water partition coefficient (Wildman–Crippen LogP) is 0.622. The van der Waals surface area contributed by atoms with Crippen molar-refractivity contribution in [1.82, 2.24) is 15.1 Å². The van der Waals surface area contributed by atoms with Gasteiger partial charge in [-0.05, 0) is 58.9 Å². The van der Waals surface area contributed by atoms with Crippen LogP contribution in [0.15, 0.2) is 0 Å². The lowest BCUT2D eigenvalue weighted by atomic mass is 10.1. The molecule has 0 radical (unpaired) electrons. The van der Waals surface area contributed by atoms with Gasteiger partial charge in [0.1, 0.15) is 0 Å². The Morgan fingerprint density at radius 2 is 1.93 bits per heavy atom. The number of likely N-dealkylation sites (tertiary alicyclic amines) is 1. The highest BCUT2D eigenvalue weighted by molar-refractivity contribution is 4.85. The maximum atomic E-state index is 3.45. The second-order valence-electron chi connectivity index (χ2n) is 5.39. The van der Waals surface area contributed by atoms with Gasteiger partial charge in [-0.1, -0.05) is 0 Å². The van der Waals surface area contributed by atoms with Crippen molar-refractivity contribution in [2.75, 3.05) is 46.8 Å². The molecule has 0 aliphatic carbocycles. The van der Waals surface area contributed by atoms with Crippen LogP contribution in [0.3, 0.4) is 0 Å². The van der Waals surface area contributed by atoms with E-state index >= 15 is 0 Å². The number of nitrogens with zero attached hydrogens (tertiary/aromatic N) is 2. The lowest BCUT2D eigenvalue weighted by molar-refractivity contribution is 0.187. The second-order valence-corrected chi connectivity index (χ2v) is 5.39. The molecule has 3 nitrogen and oxygen atoms in total. The van der Waals surface area contributed by atoms with E-state index in [9.17, 15) is 0 Å². The van der Waals surface area contributed by atoms with Gasteiger partial charge in [-0.15, -0.1) is 0 Å². The largest absolute Gasteiger partial charge is 0.317 e. The second kappa shape index (κ2) is 5.28. The van der Waals surface area contributed by atoms with Crippen molar-refractivity contribution in [3.05, 3.63) is 0 Å². The Kier molecular flexibility index (Phi) is 4.00. The maximum Gasteiger partial charge on any atom is 0.0119 e. The van der Waals surface area contributed by atoms with Crippen LogP contribution in [0, 0.1) is 5.92 Å². The van der Waals surface area contributed by atoms with Gasteiger partial charge in [-0.3, -0.25) is 4.90 Å². The Balaban J connectivity index is 1.76. The molecule has 0 aromatic rings. The molecule has 1 N–H and O–H groups in total. The SMILES string of the molecule is CN(C)CC1CCN(C2CCNCC2)C1. The smallest absolute Gasteiger partial charge is 0.0119 e. The van der Waals surface area contributed by atoms with Crippen LogP contribution in [-0.4, -0.2) is 62.7 Å². The van der Waals surface area contributed by atoms with Crippen molar-refractivity contribution in [2.45, 2.75) is 25.3 Å². The Hall–Kier alpha value is -0.120. The molecule has 1 atom stereocenters. The van der Waals surface area contributed by atoms with Crippen molar-refractivity contribution >= 4 is 0 Å². The number of hydrogen-bond acceptors (Lipinski definition) is 3. The van der Waals surface area contributed by atoms with Crippen LogP contribution in [0.25, 0.3) is 0 Å². The van der Waals surface area contributed by atoms with Crippen LogP contribution in [0.2, 0.25) is 0 Å². The molecule has 15 heavy (non-hydrogen) atoms. The van der Waals surface area contributed by atoms with E-state index in [0.29, 0.717) is 0 Å². The third-order valence-corrected chi connectivity index (χ3v) is 3.77. The molecular formula is C12H25N3. The first-order valence-electron chi connectivity index (χ1n) is 6.35. The summed E-state index contributed by atoms with van der Waals surface area (Å²) < 4.78 is 0. The molecule has 2 aliphatic heterocycles. The monoisotopic (exact) mass is 211 g/mol. The van der Waals surface area contributed by atoms with Gasteiger partial charge >= 0.3 is 0 Å². The van der Waals surface area contributed by atoms with E-state index in [0.717, 1.165) is 12.0 Å². The van der Waals surface area contributed by atoms with Crippen LogP contribution in [0.1, 0.15) is 19.3 Å². The van der Waals surface area contributed by atoms with E-state index in [1.807, 2.05) is 0 Å². The maximum absolute atomic E-state index is 3.45. The van der Waals surface area contributed by atoms with Gasteiger partial charge < -0.3 is 10.2 Å². The summed E-state index contributed by atoms with van der Waals surface area (Å²) in [7, 11) is 4.38.